The highest BCUT2D eigenvalue weighted by molar-refractivity contribution is 9.11. The molecule has 0 radical (unpaired) electrons. The SMILES string of the molecule is Cl.NC1CCCCC1CC(=O)NCc1ccc(Br)s1. The lowest BCUT2D eigenvalue weighted by atomic mass is 9.83. The van der Waals surface area contributed by atoms with E-state index in [1.807, 2.05) is 12.1 Å². The maximum absolute atomic E-state index is 11.9. The second kappa shape index (κ2) is 8.25. The third-order valence-electron chi connectivity index (χ3n) is 3.50. The highest BCUT2D eigenvalue weighted by Gasteiger charge is 2.23. The van der Waals surface area contributed by atoms with Crippen LogP contribution in [0.15, 0.2) is 15.9 Å². The molecule has 108 valence electrons. The Labute approximate surface area is 132 Å². The van der Waals surface area contributed by atoms with E-state index in [9.17, 15) is 4.79 Å². The molecule has 1 aliphatic rings. The lowest BCUT2D eigenvalue weighted by Crippen LogP contribution is -2.36. The molecule has 0 saturated heterocycles. The number of rotatable bonds is 4. The van der Waals surface area contributed by atoms with Gasteiger partial charge in [-0.2, -0.15) is 0 Å². The highest BCUT2D eigenvalue weighted by Crippen LogP contribution is 2.26. The van der Waals surface area contributed by atoms with Crippen molar-refractivity contribution in [3.05, 3.63) is 20.8 Å². The third kappa shape index (κ3) is 5.42. The predicted molar refractivity (Wildman–Crippen MR) is 85.7 cm³/mol. The van der Waals surface area contributed by atoms with Crippen LogP contribution in [0, 0.1) is 5.92 Å². The number of amides is 1. The molecule has 1 heterocycles. The van der Waals surface area contributed by atoms with Gasteiger partial charge in [-0.3, -0.25) is 4.79 Å². The van der Waals surface area contributed by atoms with Crippen LogP contribution in [0.25, 0.3) is 0 Å². The fourth-order valence-corrected chi connectivity index (χ4v) is 3.86. The number of halogens is 2. The number of nitrogens with one attached hydrogen (secondary N) is 1. The lowest BCUT2D eigenvalue weighted by molar-refractivity contribution is -0.122. The average Bonchev–Trinajstić information content (AvgIpc) is 2.76. The van der Waals surface area contributed by atoms with Gasteiger partial charge in [0.1, 0.15) is 0 Å². The molecule has 1 aliphatic carbocycles. The first kappa shape index (κ1) is 17.0. The molecular formula is C13H20BrClN2OS. The number of thiophene rings is 1. The van der Waals surface area contributed by atoms with Gasteiger partial charge in [0.25, 0.3) is 0 Å². The molecule has 1 aromatic rings. The summed E-state index contributed by atoms with van der Waals surface area (Å²) in [4.78, 5) is 13.0. The maximum Gasteiger partial charge on any atom is 0.220 e. The number of hydrogen-bond acceptors (Lipinski definition) is 3. The van der Waals surface area contributed by atoms with Crippen molar-refractivity contribution < 1.29 is 4.79 Å². The van der Waals surface area contributed by atoms with Gasteiger partial charge >= 0.3 is 0 Å². The summed E-state index contributed by atoms with van der Waals surface area (Å²) in [6.45, 7) is 0.622. The van der Waals surface area contributed by atoms with E-state index >= 15 is 0 Å². The summed E-state index contributed by atoms with van der Waals surface area (Å²) < 4.78 is 1.10. The Morgan fingerprint density at radius 2 is 2.16 bits per heavy atom. The number of carbonyl (C=O) groups excluding carboxylic acids is 1. The number of nitrogens with two attached hydrogens (primary N) is 1. The van der Waals surface area contributed by atoms with Gasteiger partial charge in [-0.25, -0.2) is 0 Å². The van der Waals surface area contributed by atoms with Crippen molar-refractivity contribution in [1.82, 2.24) is 5.32 Å². The Bertz CT molecular complexity index is 413. The number of hydrogen-bond donors (Lipinski definition) is 2. The Hall–Kier alpha value is -0.100. The van der Waals surface area contributed by atoms with Crippen LogP contribution < -0.4 is 11.1 Å². The molecule has 2 atom stereocenters. The van der Waals surface area contributed by atoms with Crippen LogP contribution >= 0.6 is 39.7 Å². The van der Waals surface area contributed by atoms with Crippen LogP contribution in [0.5, 0.6) is 0 Å². The first-order valence-electron chi connectivity index (χ1n) is 6.41. The monoisotopic (exact) mass is 366 g/mol. The Balaban J connectivity index is 0.00000180. The summed E-state index contributed by atoms with van der Waals surface area (Å²) in [6.07, 6.45) is 5.16. The van der Waals surface area contributed by atoms with Gasteiger partial charge < -0.3 is 11.1 Å². The highest BCUT2D eigenvalue weighted by atomic mass is 79.9. The fourth-order valence-electron chi connectivity index (χ4n) is 2.43. The Morgan fingerprint density at radius 1 is 1.42 bits per heavy atom. The predicted octanol–water partition coefficient (Wildman–Crippen LogP) is 3.46. The van der Waals surface area contributed by atoms with Gasteiger partial charge in [-0.15, -0.1) is 23.7 Å². The molecule has 1 aromatic heterocycles. The molecule has 0 bridgehead atoms. The van der Waals surface area contributed by atoms with Crippen LogP contribution in [0.3, 0.4) is 0 Å². The summed E-state index contributed by atoms with van der Waals surface area (Å²) in [6, 6.07) is 4.24. The Kier molecular flexibility index (Phi) is 7.36. The van der Waals surface area contributed by atoms with Crippen LogP contribution in [-0.4, -0.2) is 11.9 Å². The van der Waals surface area contributed by atoms with Crippen molar-refractivity contribution in [2.75, 3.05) is 0 Å². The zero-order valence-corrected chi connectivity index (χ0v) is 14.0. The third-order valence-corrected chi connectivity index (χ3v) is 5.13. The van der Waals surface area contributed by atoms with E-state index in [1.54, 1.807) is 11.3 Å². The summed E-state index contributed by atoms with van der Waals surface area (Å²) in [5.74, 6) is 0.496. The molecule has 6 heteroatoms. The normalized spacial score (nSPS) is 22.6. The van der Waals surface area contributed by atoms with E-state index in [4.69, 9.17) is 5.73 Å². The molecule has 19 heavy (non-hydrogen) atoms. The summed E-state index contributed by atoms with van der Waals surface area (Å²) >= 11 is 5.07. The molecule has 0 spiro atoms. The minimum Gasteiger partial charge on any atom is -0.351 e. The van der Waals surface area contributed by atoms with Crippen LogP contribution in [0.1, 0.15) is 37.0 Å². The molecule has 3 N–H and O–H groups in total. The Morgan fingerprint density at radius 3 is 2.79 bits per heavy atom. The first-order chi connectivity index (χ1) is 8.65. The smallest absolute Gasteiger partial charge is 0.220 e. The van der Waals surface area contributed by atoms with Crippen molar-refractivity contribution in [1.29, 1.82) is 0 Å². The van der Waals surface area contributed by atoms with E-state index < -0.39 is 0 Å². The van der Waals surface area contributed by atoms with E-state index in [0.29, 0.717) is 18.9 Å². The van der Waals surface area contributed by atoms with E-state index in [1.165, 1.54) is 17.7 Å². The second-order valence-corrected chi connectivity index (χ2v) is 7.44. The average molecular weight is 368 g/mol. The molecule has 0 aromatic carbocycles. The van der Waals surface area contributed by atoms with Gasteiger partial charge in [0.05, 0.1) is 10.3 Å². The van der Waals surface area contributed by atoms with Crippen LogP contribution in [-0.2, 0) is 11.3 Å². The fraction of sp³-hybridized carbons (Fsp3) is 0.615. The maximum atomic E-state index is 11.9. The van der Waals surface area contributed by atoms with Crippen LogP contribution in [0.4, 0.5) is 0 Å². The minimum absolute atomic E-state index is 0. The van der Waals surface area contributed by atoms with Gasteiger partial charge in [0.15, 0.2) is 0 Å². The van der Waals surface area contributed by atoms with Gasteiger partial charge in [-0.1, -0.05) is 12.8 Å². The van der Waals surface area contributed by atoms with Crippen molar-refractivity contribution in [2.24, 2.45) is 11.7 Å². The largest absolute Gasteiger partial charge is 0.351 e. The van der Waals surface area contributed by atoms with E-state index in [0.717, 1.165) is 16.6 Å². The molecule has 1 fully saturated rings. The molecule has 2 rings (SSSR count). The topological polar surface area (TPSA) is 55.1 Å². The zero-order valence-electron chi connectivity index (χ0n) is 10.7. The van der Waals surface area contributed by atoms with Gasteiger partial charge in [-0.05, 0) is 46.8 Å². The zero-order chi connectivity index (χ0) is 13.0. The first-order valence-corrected chi connectivity index (χ1v) is 8.02. The van der Waals surface area contributed by atoms with Crippen molar-refractivity contribution in [3.63, 3.8) is 0 Å². The quantitative estimate of drug-likeness (QED) is 0.856. The summed E-state index contributed by atoms with van der Waals surface area (Å²) in [5, 5.41) is 2.98. The van der Waals surface area contributed by atoms with Gasteiger partial charge in [0.2, 0.25) is 5.91 Å². The lowest BCUT2D eigenvalue weighted by Gasteiger charge is -2.27. The van der Waals surface area contributed by atoms with Crippen molar-refractivity contribution >= 4 is 45.6 Å². The molecule has 1 saturated carbocycles. The standard InChI is InChI=1S/C13H19BrN2OS.ClH/c14-12-6-5-10(18-12)8-16-13(17)7-9-3-1-2-4-11(9)15;/h5-6,9,11H,1-4,7-8,15H2,(H,16,17);1H. The van der Waals surface area contributed by atoms with Crippen LogP contribution in [0.2, 0.25) is 0 Å². The molecular weight excluding hydrogens is 348 g/mol. The van der Waals surface area contributed by atoms with E-state index in [2.05, 4.69) is 21.2 Å². The van der Waals surface area contributed by atoms with E-state index in [-0.39, 0.29) is 24.4 Å². The minimum atomic E-state index is 0. The number of carbonyl (C=O) groups is 1. The van der Waals surface area contributed by atoms with Crippen molar-refractivity contribution in [2.45, 2.75) is 44.7 Å². The second-order valence-electron chi connectivity index (χ2n) is 4.90. The molecule has 1 amide bonds. The molecule has 3 nitrogen and oxygen atoms in total. The molecule has 2 unspecified atom stereocenters. The molecule has 0 aliphatic heterocycles. The summed E-state index contributed by atoms with van der Waals surface area (Å²) in [7, 11) is 0. The van der Waals surface area contributed by atoms with Gasteiger partial charge in [0, 0.05) is 17.3 Å². The van der Waals surface area contributed by atoms with Crippen molar-refractivity contribution in [3.8, 4) is 0 Å². The summed E-state index contributed by atoms with van der Waals surface area (Å²) in [5.41, 5.74) is 6.05.